The number of amides is 2. The van der Waals surface area contributed by atoms with Crippen LogP contribution in [0.1, 0.15) is 17.3 Å². The first-order valence-electron chi connectivity index (χ1n) is 5.13. The van der Waals surface area contributed by atoms with Gasteiger partial charge >= 0.3 is 6.03 Å². The second-order valence-electron chi connectivity index (χ2n) is 3.30. The Morgan fingerprint density at radius 2 is 2.41 bits per heavy atom. The van der Waals surface area contributed by atoms with Crippen molar-refractivity contribution in [1.29, 1.82) is 0 Å². The number of thiophene rings is 1. The number of aldehydes is 1. The molecule has 0 saturated carbocycles. The van der Waals surface area contributed by atoms with Crippen molar-refractivity contribution in [3.05, 3.63) is 23.9 Å². The molecule has 0 fully saturated rings. The van der Waals surface area contributed by atoms with Crippen LogP contribution in [0.15, 0.2) is 18.3 Å². The van der Waals surface area contributed by atoms with Crippen molar-refractivity contribution in [2.75, 3.05) is 11.9 Å². The summed E-state index contributed by atoms with van der Waals surface area (Å²) in [6, 6.07) is 3.34. The normalized spacial score (nSPS) is 10.2. The summed E-state index contributed by atoms with van der Waals surface area (Å²) < 4.78 is 0.876. The fourth-order valence-electron chi connectivity index (χ4n) is 1.46. The van der Waals surface area contributed by atoms with Crippen LogP contribution in [0, 0.1) is 0 Å². The third-order valence-electron chi connectivity index (χ3n) is 2.16. The highest BCUT2D eigenvalue weighted by atomic mass is 32.1. The van der Waals surface area contributed by atoms with Crippen LogP contribution in [0.3, 0.4) is 0 Å². The largest absolute Gasteiger partial charge is 0.338 e. The smallest absolute Gasteiger partial charge is 0.319 e. The van der Waals surface area contributed by atoms with E-state index in [0.29, 0.717) is 28.9 Å². The van der Waals surface area contributed by atoms with E-state index in [2.05, 4.69) is 15.6 Å². The predicted octanol–water partition coefficient (Wildman–Crippen LogP) is 2.25. The minimum Gasteiger partial charge on any atom is -0.338 e. The number of pyridine rings is 1. The molecule has 88 valence electrons. The zero-order valence-electron chi connectivity index (χ0n) is 9.19. The van der Waals surface area contributed by atoms with Gasteiger partial charge in [0.05, 0.1) is 15.8 Å². The van der Waals surface area contributed by atoms with Crippen LogP contribution in [-0.4, -0.2) is 23.8 Å². The minimum absolute atomic E-state index is 0.317. The molecule has 2 rings (SSSR count). The van der Waals surface area contributed by atoms with Crippen LogP contribution in [0.4, 0.5) is 9.80 Å². The van der Waals surface area contributed by atoms with Crippen molar-refractivity contribution >= 4 is 38.9 Å². The van der Waals surface area contributed by atoms with Crippen LogP contribution >= 0.6 is 11.3 Å². The quantitative estimate of drug-likeness (QED) is 0.819. The molecule has 6 heteroatoms. The number of carbonyl (C=O) groups is 2. The van der Waals surface area contributed by atoms with Gasteiger partial charge in [-0.1, -0.05) is 0 Å². The number of hydrogen-bond acceptors (Lipinski definition) is 4. The van der Waals surface area contributed by atoms with E-state index in [-0.39, 0.29) is 6.03 Å². The summed E-state index contributed by atoms with van der Waals surface area (Å²) in [5, 5.41) is 5.79. The molecule has 17 heavy (non-hydrogen) atoms. The molecule has 0 atom stereocenters. The van der Waals surface area contributed by atoms with E-state index in [1.807, 2.05) is 13.0 Å². The van der Waals surface area contributed by atoms with E-state index >= 15 is 0 Å². The van der Waals surface area contributed by atoms with Crippen LogP contribution in [-0.2, 0) is 0 Å². The van der Waals surface area contributed by atoms with Crippen LogP contribution < -0.4 is 10.6 Å². The third-order valence-corrected chi connectivity index (χ3v) is 3.24. The Labute approximate surface area is 102 Å². The molecule has 2 aromatic heterocycles. The molecule has 0 aliphatic rings. The number of nitrogens with one attached hydrogen (secondary N) is 2. The summed E-state index contributed by atoms with van der Waals surface area (Å²) in [6.07, 6.45) is 2.34. The number of anilines is 1. The van der Waals surface area contributed by atoms with Gasteiger partial charge in [-0.05, 0) is 19.1 Å². The summed E-state index contributed by atoms with van der Waals surface area (Å²) in [4.78, 5) is 26.6. The zero-order valence-corrected chi connectivity index (χ0v) is 10.0. The lowest BCUT2D eigenvalue weighted by Gasteiger charge is -2.03. The topological polar surface area (TPSA) is 71.1 Å². The predicted molar refractivity (Wildman–Crippen MR) is 67.7 cm³/mol. The van der Waals surface area contributed by atoms with Crippen molar-refractivity contribution in [2.45, 2.75) is 6.92 Å². The average molecular weight is 249 g/mol. The maximum atomic E-state index is 11.4. The molecule has 2 amide bonds. The van der Waals surface area contributed by atoms with E-state index in [9.17, 15) is 9.59 Å². The molecule has 0 aromatic carbocycles. The lowest BCUT2D eigenvalue weighted by Crippen LogP contribution is -2.28. The van der Waals surface area contributed by atoms with E-state index < -0.39 is 0 Å². The Kier molecular flexibility index (Phi) is 3.34. The van der Waals surface area contributed by atoms with Crippen molar-refractivity contribution in [2.24, 2.45) is 0 Å². The van der Waals surface area contributed by atoms with Gasteiger partial charge in [-0.15, -0.1) is 11.3 Å². The molecule has 2 aromatic rings. The molecule has 0 aliphatic carbocycles. The van der Waals surface area contributed by atoms with Gasteiger partial charge in [0.25, 0.3) is 0 Å². The highest BCUT2D eigenvalue weighted by molar-refractivity contribution is 7.23. The maximum Gasteiger partial charge on any atom is 0.319 e. The van der Waals surface area contributed by atoms with Crippen LogP contribution in [0.25, 0.3) is 10.2 Å². The first kappa shape index (κ1) is 11.5. The summed E-state index contributed by atoms with van der Waals surface area (Å²) in [7, 11) is 0. The average Bonchev–Trinajstić information content (AvgIpc) is 2.66. The standard InChI is InChI=1S/C11H11N3O2S/c1-2-12-11(16)14-10-7(6-15)9-8(17-10)4-3-5-13-9/h3-6H,2H2,1H3,(H2,12,14,16). The molecule has 0 aliphatic heterocycles. The van der Waals surface area contributed by atoms with Gasteiger partial charge < -0.3 is 5.32 Å². The summed E-state index contributed by atoms with van der Waals surface area (Å²) >= 11 is 1.34. The number of aromatic nitrogens is 1. The first-order valence-corrected chi connectivity index (χ1v) is 5.95. The number of nitrogens with zero attached hydrogens (tertiary/aromatic N) is 1. The molecule has 0 saturated heterocycles. The van der Waals surface area contributed by atoms with E-state index in [1.165, 1.54) is 11.3 Å². The number of hydrogen-bond donors (Lipinski definition) is 2. The van der Waals surface area contributed by atoms with Gasteiger partial charge in [-0.3, -0.25) is 15.1 Å². The van der Waals surface area contributed by atoms with Crippen molar-refractivity contribution in [1.82, 2.24) is 10.3 Å². The molecule has 2 N–H and O–H groups in total. The fourth-order valence-corrected chi connectivity index (χ4v) is 2.48. The highest BCUT2D eigenvalue weighted by Gasteiger charge is 2.14. The zero-order chi connectivity index (χ0) is 12.3. The first-order chi connectivity index (χ1) is 8.26. The number of carbonyl (C=O) groups excluding carboxylic acids is 2. The SMILES string of the molecule is CCNC(=O)Nc1sc2cccnc2c1C=O. The van der Waals surface area contributed by atoms with Crippen molar-refractivity contribution in [3.63, 3.8) is 0 Å². The van der Waals surface area contributed by atoms with Crippen LogP contribution in [0.5, 0.6) is 0 Å². The number of fused-ring (bicyclic) bond motifs is 1. The van der Waals surface area contributed by atoms with E-state index in [0.717, 1.165) is 4.70 Å². The fraction of sp³-hybridized carbons (Fsp3) is 0.182. The second-order valence-corrected chi connectivity index (χ2v) is 4.35. The minimum atomic E-state index is -0.317. The van der Waals surface area contributed by atoms with Gasteiger partial charge in [0.1, 0.15) is 5.00 Å². The lowest BCUT2D eigenvalue weighted by atomic mass is 10.3. The monoisotopic (exact) mass is 249 g/mol. The molecule has 0 bridgehead atoms. The van der Waals surface area contributed by atoms with Gasteiger partial charge in [-0.25, -0.2) is 4.79 Å². The van der Waals surface area contributed by atoms with Crippen LogP contribution in [0.2, 0.25) is 0 Å². The number of rotatable bonds is 3. The Hall–Kier alpha value is -1.95. The molecule has 0 unspecified atom stereocenters. The Morgan fingerprint density at radius 1 is 1.59 bits per heavy atom. The van der Waals surface area contributed by atoms with Crippen molar-refractivity contribution < 1.29 is 9.59 Å². The molecule has 2 heterocycles. The molecule has 0 spiro atoms. The maximum absolute atomic E-state index is 11.4. The summed E-state index contributed by atoms with van der Waals surface area (Å²) in [5.41, 5.74) is 1.05. The Bertz CT molecular complexity index is 565. The highest BCUT2D eigenvalue weighted by Crippen LogP contribution is 2.32. The molecular formula is C11H11N3O2S. The Balaban J connectivity index is 2.39. The van der Waals surface area contributed by atoms with Gasteiger partial charge in [0.2, 0.25) is 0 Å². The van der Waals surface area contributed by atoms with E-state index in [4.69, 9.17) is 0 Å². The third kappa shape index (κ3) is 2.26. The summed E-state index contributed by atoms with van der Waals surface area (Å²) in [5.74, 6) is 0. The molecule has 0 radical (unpaired) electrons. The molecular weight excluding hydrogens is 238 g/mol. The number of urea groups is 1. The van der Waals surface area contributed by atoms with Gasteiger partial charge in [-0.2, -0.15) is 0 Å². The van der Waals surface area contributed by atoms with Gasteiger partial charge in [0.15, 0.2) is 6.29 Å². The van der Waals surface area contributed by atoms with E-state index in [1.54, 1.807) is 12.3 Å². The van der Waals surface area contributed by atoms with Gasteiger partial charge in [0, 0.05) is 12.7 Å². The summed E-state index contributed by atoms with van der Waals surface area (Å²) in [6.45, 7) is 2.36. The van der Waals surface area contributed by atoms with Crippen molar-refractivity contribution in [3.8, 4) is 0 Å². The second kappa shape index (κ2) is 4.92. The Morgan fingerprint density at radius 3 is 3.12 bits per heavy atom. The molecule has 5 nitrogen and oxygen atoms in total. The lowest BCUT2D eigenvalue weighted by molar-refractivity contribution is 0.112.